The summed E-state index contributed by atoms with van der Waals surface area (Å²) < 4.78 is 30.9. The molecule has 15 heavy (non-hydrogen) atoms. The van der Waals surface area contributed by atoms with E-state index < -0.39 is 27.4 Å². The predicted octanol–water partition coefficient (Wildman–Crippen LogP) is 0.148. The zero-order chi connectivity index (χ0) is 12.1. The van der Waals surface area contributed by atoms with Crippen molar-refractivity contribution < 1.29 is 27.5 Å². The van der Waals surface area contributed by atoms with E-state index >= 15 is 0 Å². The molecule has 88 valence electrons. The lowest BCUT2D eigenvalue weighted by Crippen LogP contribution is -2.34. The number of hydrogen-bond donors (Lipinski definition) is 1. The maximum atomic E-state index is 10.9. The predicted molar refractivity (Wildman–Crippen MR) is 50.5 cm³/mol. The molecule has 0 aliphatic heterocycles. The van der Waals surface area contributed by atoms with E-state index in [1.807, 2.05) is 0 Å². The van der Waals surface area contributed by atoms with Crippen molar-refractivity contribution in [2.24, 2.45) is 0 Å². The number of rotatable bonds is 4. The number of amides is 1. The van der Waals surface area contributed by atoms with Crippen LogP contribution in [0.5, 0.6) is 0 Å². The Kier molecular flexibility index (Phi) is 5.37. The smallest absolute Gasteiger partial charge is 0.422 e. The lowest BCUT2D eigenvalue weighted by Gasteiger charge is -2.11. The molecule has 0 aromatic heterocycles. The van der Waals surface area contributed by atoms with Gasteiger partial charge in [0.05, 0.1) is 6.61 Å². The van der Waals surface area contributed by atoms with Crippen LogP contribution in [-0.4, -0.2) is 33.2 Å². The van der Waals surface area contributed by atoms with Crippen LogP contribution in [0.2, 0.25) is 0 Å². The average molecular weight is 260 g/mol. The fourth-order valence-electron chi connectivity index (χ4n) is 0.592. The first-order valence-corrected chi connectivity index (χ1v) is 6.17. The van der Waals surface area contributed by atoms with E-state index in [9.17, 15) is 18.0 Å². The Balaban J connectivity index is 4.13. The summed E-state index contributed by atoms with van der Waals surface area (Å²) in [4.78, 5) is 21.7. The highest BCUT2D eigenvalue weighted by Crippen LogP contribution is 1.97. The zero-order valence-electron chi connectivity index (χ0n) is 8.02. The summed E-state index contributed by atoms with van der Waals surface area (Å²) in [5.74, 6) is -0.778. The quantitative estimate of drug-likeness (QED) is 0.570. The van der Waals surface area contributed by atoms with Crippen molar-refractivity contribution in [1.29, 1.82) is 0 Å². The van der Waals surface area contributed by atoms with E-state index in [4.69, 9.17) is 10.7 Å². The summed E-state index contributed by atoms with van der Waals surface area (Å²) in [5, 5.41) is 0. The van der Waals surface area contributed by atoms with Crippen molar-refractivity contribution >= 4 is 32.0 Å². The zero-order valence-corrected chi connectivity index (χ0v) is 9.59. The molecule has 0 aromatic carbocycles. The van der Waals surface area contributed by atoms with Gasteiger partial charge < -0.3 is 9.47 Å². The lowest BCUT2D eigenvalue weighted by atomic mass is 10.4. The molecule has 0 radical (unpaired) electrons. The molecule has 0 heterocycles. The van der Waals surface area contributed by atoms with Gasteiger partial charge in [-0.2, -0.15) is 8.42 Å². The Hall–Kier alpha value is -1.02. The molecule has 0 aliphatic rings. The molecule has 9 heteroatoms. The summed E-state index contributed by atoms with van der Waals surface area (Å²) in [6.07, 6.45) is -2.55. The highest BCUT2D eigenvalue weighted by molar-refractivity contribution is 8.12. The highest BCUT2D eigenvalue weighted by Gasteiger charge is 2.21. The van der Waals surface area contributed by atoms with Crippen molar-refractivity contribution in [2.75, 3.05) is 6.61 Å². The molecule has 1 N–H and O–H groups in total. The molecular weight excluding hydrogens is 250 g/mol. The van der Waals surface area contributed by atoms with Crippen molar-refractivity contribution in [3.8, 4) is 0 Å². The number of hydrogen-bond acceptors (Lipinski definition) is 6. The number of nitrogens with one attached hydrogen (secondary N) is 1. The van der Waals surface area contributed by atoms with Gasteiger partial charge in [0.1, 0.15) is 0 Å². The molecule has 0 saturated heterocycles. The van der Waals surface area contributed by atoms with E-state index in [-0.39, 0.29) is 6.61 Å². The molecular formula is C6H10ClNO6S. The number of esters is 1. The van der Waals surface area contributed by atoms with Gasteiger partial charge in [0.15, 0.2) is 6.10 Å². The fraction of sp³-hybridized carbons (Fsp3) is 0.667. The van der Waals surface area contributed by atoms with Gasteiger partial charge in [-0.15, -0.1) is 0 Å². The summed E-state index contributed by atoms with van der Waals surface area (Å²) in [7, 11) is 0.485. The Bertz CT molecular complexity index is 340. The molecule has 0 unspecified atom stereocenters. The van der Waals surface area contributed by atoms with Crippen LogP contribution in [0.15, 0.2) is 0 Å². The van der Waals surface area contributed by atoms with Crippen LogP contribution in [0.4, 0.5) is 4.79 Å². The van der Waals surface area contributed by atoms with Crippen molar-refractivity contribution in [3.63, 3.8) is 0 Å². The van der Waals surface area contributed by atoms with Crippen LogP contribution in [0.1, 0.15) is 13.8 Å². The van der Waals surface area contributed by atoms with E-state index in [2.05, 4.69) is 9.47 Å². The van der Waals surface area contributed by atoms with Crippen LogP contribution in [-0.2, 0) is 23.5 Å². The van der Waals surface area contributed by atoms with Crippen molar-refractivity contribution in [3.05, 3.63) is 0 Å². The monoisotopic (exact) mass is 259 g/mol. The minimum Gasteiger partial charge on any atom is -0.463 e. The Morgan fingerprint density at radius 2 is 2.00 bits per heavy atom. The van der Waals surface area contributed by atoms with Crippen LogP contribution in [0.3, 0.4) is 0 Å². The van der Waals surface area contributed by atoms with Gasteiger partial charge in [0.2, 0.25) is 0 Å². The van der Waals surface area contributed by atoms with Gasteiger partial charge >= 0.3 is 21.3 Å². The SMILES string of the molecule is CCOC(=O)[C@H](C)OC(=O)NS(=O)(=O)Cl. The van der Waals surface area contributed by atoms with Crippen LogP contribution in [0, 0.1) is 0 Å². The first kappa shape index (κ1) is 14.0. The van der Waals surface area contributed by atoms with Crippen LogP contribution < -0.4 is 4.72 Å². The summed E-state index contributed by atoms with van der Waals surface area (Å²) >= 11 is 0. The molecule has 1 amide bonds. The van der Waals surface area contributed by atoms with Gasteiger partial charge in [0, 0.05) is 10.7 Å². The van der Waals surface area contributed by atoms with E-state index in [1.165, 1.54) is 11.6 Å². The fourth-order valence-corrected chi connectivity index (χ4v) is 1.03. The maximum absolute atomic E-state index is 10.9. The topological polar surface area (TPSA) is 98.8 Å². The van der Waals surface area contributed by atoms with Crippen molar-refractivity contribution in [1.82, 2.24) is 4.72 Å². The second-order valence-corrected chi connectivity index (χ2v) is 4.64. The molecule has 0 aliphatic carbocycles. The van der Waals surface area contributed by atoms with Crippen LogP contribution >= 0.6 is 10.7 Å². The van der Waals surface area contributed by atoms with E-state index in [0.717, 1.165) is 0 Å². The summed E-state index contributed by atoms with van der Waals surface area (Å²) in [6.45, 7) is 2.94. The van der Waals surface area contributed by atoms with E-state index in [1.54, 1.807) is 6.92 Å². The third-order valence-corrected chi connectivity index (χ3v) is 1.75. The Morgan fingerprint density at radius 3 is 2.40 bits per heavy atom. The number of carbonyl (C=O) groups is 2. The third kappa shape index (κ3) is 6.97. The highest BCUT2D eigenvalue weighted by atomic mass is 35.7. The van der Waals surface area contributed by atoms with Gasteiger partial charge in [-0.05, 0) is 13.8 Å². The van der Waals surface area contributed by atoms with Gasteiger partial charge in [-0.3, -0.25) is 0 Å². The average Bonchev–Trinajstić information content (AvgIpc) is 2.00. The number of ether oxygens (including phenoxy) is 2. The van der Waals surface area contributed by atoms with Gasteiger partial charge in [-0.1, -0.05) is 0 Å². The normalized spacial score (nSPS) is 12.7. The second kappa shape index (κ2) is 5.76. The Morgan fingerprint density at radius 1 is 1.47 bits per heavy atom. The largest absolute Gasteiger partial charge is 0.463 e. The lowest BCUT2D eigenvalue weighted by molar-refractivity contribution is -0.152. The van der Waals surface area contributed by atoms with Gasteiger partial charge in [0.25, 0.3) is 0 Å². The van der Waals surface area contributed by atoms with Crippen LogP contribution in [0.25, 0.3) is 0 Å². The summed E-state index contributed by atoms with van der Waals surface area (Å²) in [6, 6.07) is 0. The Labute approximate surface area is 91.2 Å². The molecule has 0 saturated carbocycles. The minimum absolute atomic E-state index is 0.127. The third-order valence-electron chi connectivity index (χ3n) is 1.11. The molecule has 0 rings (SSSR count). The van der Waals surface area contributed by atoms with Crippen molar-refractivity contribution in [2.45, 2.75) is 20.0 Å². The second-order valence-electron chi connectivity index (χ2n) is 2.34. The molecule has 1 atom stereocenters. The molecule has 0 bridgehead atoms. The van der Waals surface area contributed by atoms with E-state index in [0.29, 0.717) is 0 Å². The summed E-state index contributed by atoms with van der Waals surface area (Å²) in [5.41, 5.74) is 0. The van der Waals surface area contributed by atoms with Gasteiger partial charge in [-0.25, -0.2) is 14.3 Å². The first-order chi connectivity index (χ1) is 6.76. The molecule has 0 fully saturated rings. The first-order valence-electron chi connectivity index (χ1n) is 3.86. The minimum atomic E-state index is -4.21. The molecule has 0 spiro atoms. The maximum Gasteiger partial charge on any atom is 0.422 e. The number of carbonyl (C=O) groups excluding carboxylic acids is 2. The molecule has 0 aromatic rings. The standard InChI is InChI=1S/C6H10ClNO6S/c1-3-13-5(9)4(2)14-6(10)8-15(7,11)12/h4H,3H2,1-2H3,(H,8,10)/t4-/m0/s1. The molecule has 7 nitrogen and oxygen atoms in total. The number of halogens is 1.